The van der Waals surface area contributed by atoms with E-state index in [2.05, 4.69) is 25.5 Å². The van der Waals surface area contributed by atoms with Gasteiger partial charge < -0.3 is 16.0 Å². The SMILES string of the molecule is NC(=O)C1CC(C(=O)Nc2ccccc2-n2ncc3c(=O)[nH]cnc32)=NN1c1ccccc1. The van der Waals surface area contributed by atoms with Gasteiger partial charge in [0.1, 0.15) is 17.1 Å². The Kier molecular flexibility index (Phi) is 4.90. The molecule has 0 bridgehead atoms. The minimum Gasteiger partial charge on any atom is -0.368 e. The number of H-pyrrole nitrogens is 1. The van der Waals surface area contributed by atoms with Gasteiger partial charge in [-0.15, -0.1) is 0 Å². The molecule has 164 valence electrons. The van der Waals surface area contributed by atoms with Crippen molar-refractivity contribution in [1.82, 2.24) is 19.7 Å². The largest absolute Gasteiger partial charge is 0.368 e. The molecule has 1 aliphatic heterocycles. The molecule has 2 aromatic heterocycles. The third-order valence-electron chi connectivity index (χ3n) is 5.27. The number of aromatic amines is 1. The molecule has 0 fully saturated rings. The lowest BCUT2D eigenvalue weighted by Crippen LogP contribution is -2.39. The van der Waals surface area contributed by atoms with Crippen LogP contribution in [0.15, 0.2) is 77.0 Å². The highest BCUT2D eigenvalue weighted by Crippen LogP contribution is 2.26. The second-order valence-electron chi connectivity index (χ2n) is 7.35. The average Bonchev–Trinajstić information content (AvgIpc) is 3.46. The number of fused-ring (bicyclic) bond motifs is 1. The predicted octanol–water partition coefficient (Wildman–Crippen LogP) is 1.17. The minimum atomic E-state index is -0.769. The molecule has 3 heterocycles. The highest BCUT2D eigenvalue weighted by molar-refractivity contribution is 6.44. The van der Waals surface area contributed by atoms with E-state index in [4.69, 9.17) is 5.73 Å². The second-order valence-corrected chi connectivity index (χ2v) is 7.35. The Morgan fingerprint density at radius 2 is 1.85 bits per heavy atom. The maximum Gasteiger partial charge on any atom is 0.272 e. The second kappa shape index (κ2) is 8.04. The number of rotatable bonds is 5. The Labute approximate surface area is 186 Å². The van der Waals surface area contributed by atoms with E-state index in [-0.39, 0.29) is 17.7 Å². The number of aromatic nitrogens is 4. The van der Waals surface area contributed by atoms with Crippen LogP contribution in [0, 0.1) is 0 Å². The van der Waals surface area contributed by atoms with Crippen LogP contribution in [-0.2, 0) is 9.59 Å². The van der Waals surface area contributed by atoms with Gasteiger partial charge in [-0.2, -0.15) is 10.2 Å². The summed E-state index contributed by atoms with van der Waals surface area (Å²) in [5.74, 6) is -1.06. The van der Waals surface area contributed by atoms with Crippen molar-refractivity contribution in [2.24, 2.45) is 10.8 Å². The molecule has 0 radical (unpaired) electrons. The Bertz CT molecular complexity index is 1460. The van der Waals surface area contributed by atoms with Crippen LogP contribution in [0.25, 0.3) is 16.7 Å². The molecule has 11 nitrogen and oxygen atoms in total. The van der Waals surface area contributed by atoms with Gasteiger partial charge >= 0.3 is 0 Å². The van der Waals surface area contributed by atoms with E-state index in [9.17, 15) is 14.4 Å². The van der Waals surface area contributed by atoms with Crippen LogP contribution in [0.1, 0.15) is 6.42 Å². The molecule has 4 aromatic rings. The van der Waals surface area contributed by atoms with E-state index in [1.807, 2.05) is 18.2 Å². The number of carbonyl (C=O) groups is 2. The normalized spacial score (nSPS) is 15.5. The predicted molar refractivity (Wildman–Crippen MR) is 122 cm³/mol. The maximum absolute atomic E-state index is 13.1. The van der Waals surface area contributed by atoms with E-state index in [1.54, 1.807) is 36.4 Å². The molecule has 1 unspecified atom stereocenters. The number of para-hydroxylation sites is 3. The summed E-state index contributed by atoms with van der Waals surface area (Å²) in [5.41, 5.74) is 7.37. The van der Waals surface area contributed by atoms with E-state index in [0.717, 1.165) is 0 Å². The lowest BCUT2D eigenvalue weighted by atomic mass is 10.1. The van der Waals surface area contributed by atoms with E-state index in [1.165, 1.54) is 22.2 Å². The van der Waals surface area contributed by atoms with Gasteiger partial charge in [0.25, 0.3) is 11.5 Å². The number of nitrogens with one attached hydrogen (secondary N) is 2. The first-order valence-corrected chi connectivity index (χ1v) is 10.1. The Balaban J connectivity index is 1.47. The number of primary amides is 1. The van der Waals surface area contributed by atoms with E-state index >= 15 is 0 Å². The van der Waals surface area contributed by atoms with Crippen molar-refractivity contribution < 1.29 is 9.59 Å². The number of hydrogen-bond acceptors (Lipinski definition) is 7. The molecule has 33 heavy (non-hydrogen) atoms. The van der Waals surface area contributed by atoms with Crippen LogP contribution >= 0.6 is 0 Å². The first-order chi connectivity index (χ1) is 16.0. The van der Waals surface area contributed by atoms with Crippen LogP contribution in [0.3, 0.4) is 0 Å². The van der Waals surface area contributed by atoms with Gasteiger partial charge in [0.15, 0.2) is 5.65 Å². The summed E-state index contributed by atoms with van der Waals surface area (Å²) in [6, 6.07) is 15.2. The Hall–Kier alpha value is -4.80. The van der Waals surface area contributed by atoms with E-state index in [0.29, 0.717) is 28.1 Å². The maximum atomic E-state index is 13.1. The third-order valence-corrected chi connectivity index (χ3v) is 5.27. The molecule has 4 N–H and O–H groups in total. The number of carbonyl (C=O) groups excluding carboxylic acids is 2. The molecule has 0 saturated heterocycles. The summed E-state index contributed by atoms with van der Waals surface area (Å²) in [7, 11) is 0. The molecule has 2 amide bonds. The lowest BCUT2D eigenvalue weighted by Gasteiger charge is -2.20. The van der Waals surface area contributed by atoms with Gasteiger partial charge in [-0.3, -0.25) is 19.4 Å². The molecular formula is C22H18N8O3. The van der Waals surface area contributed by atoms with Gasteiger partial charge in [0.05, 0.1) is 29.6 Å². The average molecular weight is 442 g/mol. The smallest absolute Gasteiger partial charge is 0.272 e. The topological polar surface area (TPSA) is 151 Å². The van der Waals surface area contributed by atoms with Crippen molar-refractivity contribution in [3.63, 3.8) is 0 Å². The van der Waals surface area contributed by atoms with Gasteiger partial charge in [-0.1, -0.05) is 30.3 Å². The van der Waals surface area contributed by atoms with Crippen molar-refractivity contribution in [2.75, 3.05) is 10.3 Å². The van der Waals surface area contributed by atoms with Gasteiger partial charge in [0.2, 0.25) is 5.91 Å². The Morgan fingerprint density at radius 3 is 2.64 bits per heavy atom. The molecule has 0 saturated carbocycles. The highest BCUT2D eigenvalue weighted by Gasteiger charge is 2.35. The molecule has 0 spiro atoms. The van der Waals surface area contributed by atoms with Gasteiger partial charge in [-0.25, -0.2) is 9.67 Å². The summed E-state index contributed by atoms with van der Waals surface area (Å²) >= 11 is 0. The van der Waals surface area contributed by atoms with Crippen molar-refractivity contribution in [1.29, 1.82) is 0 Å². The molecular weight excluding hydrogens is 424 g/mol. The lowest BCUT2D eigenvalue weighted by molar-refractivity contribution is -0.119. The Morgan fingerprint density at radius 1 is 1.09 bits per heavy atom. The zero-order chi connectivity index (χ0) is 22.9. The summed E-state index contributed by atoms with van der Waals surface area (Å²) in [6.45, 7) is 0. The molecule has 0 aliphatic carbocycles. The fourth-order valence-electron chi connectivity index (χ4n) is 3.68. The molecule has 1 atom stereocenters. The van der Waals surface area contributed by atoms with Crippen LogP contribution in [0.2, 0.25) is 0 Å². The first kappa shape index (κ1) is 20.1. The summed E-state index contributed by atoms with van der Waals surface area (Å²) < 4.78 is 1.47. The van der Waals surface area contributed by atoms with E-state index < -0.39 is 17.9 Å². The zero-order valence-electron chi connectivity index (χ0n) is 17.2. The van der Waals surface area contributed by atoms with Gasteiger partial charge in [-0.05, 0) is 24.3 Å². The molecule has 1 aliphatic rings. The zero-order valence-corrected chi connectivity index (χ0v) is 17.2. The monoisotopic (exact) mass is 442 g/mol. The number of hydrazone groups is 1. The minimum absolute atomic E-state index is 0.0693. The molecule has 5 rings (SSSR count). The highest BCUT2D eigenvalue weighted by atomic mass is 16.2. The van der Waals surface area contributed by atoms with Gasteiger partial charge in [0, 0.05) is 6.42 Å². The van der Waals surface area contributed by atoms with Crippen LogP contribution in [0.4, 0.5) is 11.4 Å². The van der Waals surface area contributed by atoms with Crippen molar-refractivity contribution >= 4 is 39.9 Å². The third kappa shape index (κ3) is 3.61. The fraction of sp³-hybridized carbons (Fsp3) is 0.0909. The standard InChI is InChI=1S/C22H18N8O3/c23-19(31)18-10-16(28-29(18)13-6-2-1-3-7-13)22(33)27-15-8-4-5-9-17(15)30-20-14(11-26-30)21(32)25-12-24-20/h1-9,11-12,18H,10H2,(H2,23,31)(H,27,33)(H,24,25,32). The fourth-order valence-corrected chi connectivity index (χ4v) is 3.68. The number of nitrogens with zero attached hydrogens (tertiary/aromatic N) is 5. The number of hydrogen-bond donors (Lipinski definition) is 3. The molecule has 2 aromatic carbocycles. The number of nitrogens with two attached hydrogens (primary N) is 1. The van der Waals surface area contributed by atoms with Crippen LogP contribution in [-0.4, -0.2) is 43.3 Å². The summed E-state index contributed by atoms with van der Waals surface area (Å²) in [6.07, 6.45) is 2.77. The van der Waals surface area contributed by atoms with Crippen molar-refractivity contribution in [2.45, 2.75) is 12.5 Å². The number of benzene rings is 2. The van der Waals surface area contributed by atoms with Crippen LogP contribution < -0.4 is 21.6 Å². The van der Waals surface area contributed by atoms with Crippen molar-refractivity contribution in [3.05, 3.63) is 77.5 Å². The quantitative estimate of drug-likeness (QED) is 0.422. The number of amides is 2. The number of anilines is 2. The summed E-state index contributed by atoms with van der Waals surface area (Å²) in [4.78, 5) is 43.8. The molecule has 11 heteroatoms. The van der Waals surface area contributed by atoms with Crippen molar-refractivity contribution in [3.8, 4) is 5.69 Å². The summed E-state index contributed by atoms with van der Waals surface area (Å²) in [5, 5.41) is 13.2. The van der Waals surface area contributed by atoms with Crippen LogP contribution in [0.5, 0.6) is 0 Å². The first-order valence-electron chi connectivity index (χ1n) is 10.1.